The van der Waals surface area contributed by atoms with Crippen molar-refractivity contribution in [1.82, 2.24) is 14.9 Å². The molecule has 1 heterocycles. The Morgan fingerprint density at radius 2 is 2.10 bits per heavy atom. The first-order valence-corrected chi connectivity index (χ1v) is 7.54. The Morgan fingerprint density at radius 3 is 2.70 bits per heavy atom. The summed E-state index contributed by atoms with van der Waals surface area (Å²) in [5, 5.41) is 7.56. The van der Waals surface area contributed by atoms with E-state index in [-0.39, 0.29) is 11.9 Å². The minimum Gasteiger partial charge on any atom is -0.312 e. The van der Waals surface area contributed by atoms with Crippen LogP contribution >= 0.6 is 11.5 Å². The van der Waals surface area contributed by atoms with E-state index in [1.807, 2.05) is 20.0 Å². The second-order valence-electron chi connectivity index (χ2n) is 5.29. The summed E-state index contributed by atoms with van der Waals surface area (Å²) < 4.78 is 17.3. The zero-order valence-electron chi connectivity index (χ0n) is 12.3. The van der Waals surface area contributed by atoms with Crippen molar-refractivity contribution in [2.75, 3.05) is 7.05 Å². The number of nitrogens with one attached hydrogen (secondary N) is 1. The minimum absolute atomic E-state index is 0.163. The van der Waals surface area contributed by atoms with Gasteiger partial charge in [-0.2, -0.15) is 0 Å². The lowest BCUT2D eigenvalue weighted by Crippen LogP contribution is -2.20. The molecule has 0 aliphatic carbocycles. The number of aryl methyl sites for hydroxylation is 1. The fourth-order valence-electron chi connectivity index (χ4n) is 2.28. The maximum atomic E-state index is 13.2. The molecule has 1 aromatic heterocycles. The number of hydrogen-bond donors (Lipinski definition) is 1. The van der Waals surface area contributed by atoms with Gasteiger partial charge in [-0.25, -0.2) is 4.39 Å². The highest BCUT2D eigenvalue weighted by molar-refractivity contribution is 7.05. The summed E-state index contributed by atoms with van der Waals surface area (Å²) in [6, 6.07) is 5.12. The Balaban J connectivity index is 2.26. The number of rotatable bonds is 5. The van der Waals surface area contributed by atoms with Crippen LogP contribution in [0.4, 0.5) is 4.39 Å². The van der Waals surface area contributed by atoms with Crippen molar-refractivity contribution in [2.45, 2.75) is 39.2 Å². The largest absolute Gasteiger partial charge is 0.312 e. The van der Waals surface area contributed by atoms with Crippen LogP contribution in [-0.4, -0.2) is 16.6 Å². The van der Waals surface area contributed by atoms with Crippen molar-refractivity contribution in [3.63, 3.8) is 0 Å². The predicted molar refractivity (Wildman–Crippen MR) is 80.6 cm³/mol. The van der Waals surface area contributed by atoms with Crippen molar-refractivity contribution < 1.29 is 4.39 Å². The van der Waals surface area contributed by atoms with E-state index in [0.717, 1.165) is 23.2 Å². The zero-order chi connectivity index (χ0) is 14.7. The molecule has 1 N–H and O–H groups in total. The molecule has 0 aliphatic heterocycles. The van der Waals surface area contributed by atoms with Gasteiger partial charge < -0.3 is 5.32 Å². The lowest BCUT2D eigenvalue weighted by molar-refractivity contribution is 0.584. The highest BCUT2D eigenvalue weighted by atomic mass is 32.1. The molecule has 20 heavy (non-hydrogen) atoms. The number of nitrogens with zero attached hydrogens (tertiary/aromatic N) is 2. The Hall–Kier alpha value is -1.33. The molecule has 0 amide bonds. The van der Waals surface area contributed by atoms with Crippen LogP contribution < -0.4 is 5.32 Å². The van der Waals surface area contributed by atoms with Crippen molar-refractivity contribution >= 4 is 11.5 Å². The standard InChI is InChI=1S/C15H20FN3S/c1-9(2)14-15(20-19-18-14)13(17-4)8-11-5-6-12(16)7-10(11)3/h5-7,9,13,17H,8H2,1-4H3. The summed E-state index contributed by atoms with van der Waals surface area (Å²) in [5.41, 5.74) is 3.18. The monoisotopic (exact) mass is 293 g/mol. The lowest BCUT2D eigenvalue weighted by atomic mass is 9.97. The summed E-state index contributed by atoms with van der Waals surface area (Å²) >= 11 is 1.44. The average Bonchev–Trinajstić information content (AvgIpc) is 2.87. The molecule has 5 heteroatoms. The van der Waals surface area contributed by atoms with Gasteiger partial charge in [-0.05, 0) is 61.1 Å². The second-order valence-corrected chi connectivity index (χ2v) is 6.08. The molecule has 0 fully saturated rings. The van der Waals surface area contributed by atoms with Gasteiger partial charge in [-0.3, -0.25) is 0 Å². The summed E-state index contributed by atoms with van der Waals surface area (Å²) in [6.07, 6.45) is 0.812. The van der Waals surface area contributed by atoms with Gasteiger partial charge in [0.25, 0.3) is 0 Å². The third-order valence-corrected chi connectivity index (χ3v) is 4.33. The van der Waals surface area contributed by atoms with Crippen molar-refractivity contribution in [3.8, 4) is 0 Å². The number of hydrogen-bond acceptors (Lipinski definition) is 4. The van der Waals surface area contributed by atoms with Crippen molar-refractivity contribution in [3.05, 3.63) is 45.7 Å². The highest BCUT2D eigenvalue weighted by Crippen LogP contribution is 2.29. The highest BCUT2D eigenvalue weighted by Gasteiger charge is 2.20. The SMILES string of the molecule is CNC(Cc1ccc(F)cc1C)c1snnc1C(C)C. The molecule has 2 aromatic rings. The van der Waals surface area contributed by atoms with Crippen molar-refractivity contribution in [1.29, 1.82) is 0 Å². The van der Waals surface area contributed by atoms with Gasteiger partial charge in [0.05, 0.1) is 10.6 Å². The number of halogens is 1. The van der Waals surface area contributed by atoms with Gasteiger partial charge in [-0.15, -0.1) is 5.10 Å². The molecule has 3 nitrogen and oxygen atoms in total. The van der Waals surface area contributed by atoms with E-state index in [4.69, 9.17) is 0 Å². The fraction of sp³-hybridized carbons (Fsp3) is 0.467. The molecule has 1 atom stereocenters. The topological polar surface area (TPSA) is 37.8 Å². The Morgan fingerprint density at radius 1 is 1.35 bits per heavy atom. The van der Waals surface area contributed by atoms with E-state index in [1.165, 1.54) is 22.5 Å². The summed E-state index contributed by atoms with van der Waals surface area (Å²) in [5.74, 6) is 0.170. The molecule has 2 rings (SSSR count). The van der Waals surface area contributed by atoms with E-state index >= 15 is 0 Å². The summed E-state index contributed by atoms with van der Waals surface area (Å²) in [7, 11) is 1.94. The van der Waals surface area contributed by atoms with Gasteiger partial charge >= 0.3 is 0 Å². The third-order valence-electron chi connectivity index (χ3n) is 3.48. The zero-order valence-corrected chi connectivity index (χ0v) is 13.1. The maximum absolute atomic E-state index is 13.2. The van der Waals surface area contributed by atoms with Gasteiger partial charge in [0, 0.05) is 6.04 Å². The van der Waals surface area contributed by atoms with Crippen LogP contribution in [0.2, 0.25) is 0 Å². The van der Waals surface area contributed by atoms with Gasteiger partial charge in [-0.1, -0.05) is 24.4 Å². The fourth-order valence-corrected chi connectivity index (χ4v) is 3.20. The Bertz CT molecular complexity index is 580. The molecule has 1 unspecified atom stereocenters. The molecule has 0 bridgehead atoms. The maximum Gasteiger partial charge on any atom is 0.123 e. The predicted octanol–water partition coefficient (Wildman–Crippen LogP) is 3.61. The minimum atomic E-state index is -0.186. The molecule has 0 aliphatic rings. The number of likely N-dealkylation sites (N-methyl/N-ethyl adjacent to an activating group) is 1. The first kappa shape index (κ1) is 15.1. The summed E-state index contributed by atoms with van der Waals surface area (Å²) in [6.45, 7) is 6.19. The third kappa shape index (κ3) is 3.22. The Labute approximate surface area is 123 Å². The van der Waals surface area contributed by atoms with Gasteiger partial charge in [0.1, 0.15) is 5.82 Å². The van der Waals surface area contributed by atoms with Crippen LogP contribution in [0.15, 0.2) is 18.2 Å². The van der Waals surface area contributed by atoms with Crippen LogP contribution in [-0.2, 0) is 6.42 Å². The molecule has 0 saturated heterocycles. The van der Waals surface area contributed by atoms with Crippen LogP contribution in [0, 0.1) is 12.7 Å². The van der Waals surface area contributed by atoms with E-state index in [1.54, 1.807) is 6.07 Å². The number of aromatic nitrogens is 2. The first-order chi connectivity index (χ1) is 9.52. The second kappa shape index (κ2) is 6.41. The molecule has 0 spiro atoms. The molecule has 0 radical (unpaired) electrons. The Kier molecular flexibility index (Phi) is 4.83. The summed E-state index contributed by atoms with van der Waals surface area (Å²) in [4.78, 5) is 1.17. The van der Waals surface area contributed by atoms with Crippen LogP contribution in [0.25, 0.3) is 0 Å². The average molecular weight is 293 g/mol. The van der Waals surface area contributed by atoms with E-state index < -0.39 is 0 Å². The number of benzene rings is 1. The van der Waals surface area contributed by atoms with E-state index in [0.29, 0.717) is 5.92 Å². The van der Waals surface area contributed by atoms with Gasteiger partial charge in [0.2, 0.25) is 0 Å². The first-order valence-electron chi connectivity index (χ1n) is 6.77. The van der Waals surface area contributed by atoms with E-state index in [2.05, 4.69) is 28.8 Å². The molecular formula is C15H20FN3S. The normalized spacial score (nSPS) is 12.9. The molecule has 108 valence electrons. The van der Waals surface area contributed by atoms with E-state index in [9.17, 15) is 4.39 Å². The smallest absolute Gasteiger partial charge is 0.123 e. The lowest BCUT2D eigenvalue weighted by Gasteiger charge is -2.17. The van der Waals surface area contributed by atoms with Crippen LogP contribution in [0.3, 0.4) is 0 Å². The van der Waals surface area contributed by atoms with Crippen LogP contribution in [0.1, 0.15) is 47.5 Å². The van der Waals surface area contributed by atoms with Crippen LogP contribution in [0.5, 0.6) is 0 Å². The molecular weight excluding hydrogens is 273 g/mol. The molecule has 1 aromatic carbocycles. The van der Waals surface area contributed by atoms with Crippen molar-refractivity contribution in [2.24, 2.45) is 0 Å². The molecule has 0 saturated carbocycles. The quantitative estimate of drug-likeness (QED) is 0.915. The van der Waals surface area contributed by atoms with Gasteiger partial charge in [0.15, 0.2) is 0 Å².